The van der Waals surface area contributed by atoms with Gasteiger partial charge in [-0.2, -0.15) is 0 Å². The molecule has 0 amide bonds. The lowest BCUT2D eigenvalue weighted by molar-refractivity contribution is 0.986. The van der Waals surface area contributed by atoms with Gasteiger partial charge in [0.05, 0.1) is 45.7 Å². The van der Waals surface area contributed by atoms with E-state index in [0.29, 0.717) is 0 Å². The Bertz CT molecular complexity index is 2420. The number of pyridine rings is 4. The predicted molar refractivity (Wildman–Crippen MR) is 191 cm³/mol. The van der Waals surface area contributed by atoms with Crippen LogP contribution in [0.2, 0.25) is 0 Å². The van der Waals surface area contributed by atoms with Gasteiger partial charge < -0.3 is 0 Å². The molecule has 8 aromatic rings. The van der Waals surface area contributed by atoms with Gasteiger partial charge >= 0.3 is 0 Å². The highest BCUT2D eigenvalue weighted by Gasteiger charge is 2.16. The molecule has 0 spiro atoms. The first kappa shape index (κ1) is 27.1. The van der Waals surface area contributed by atoms with Crippen molar-refractivity contribution >= 4 is 27.9 Å². The van der Waals surface area contributed by atoms with E-state index in [0.717, 1.165) is 80.2 Å². The molecule has 0 saturated carbocycles. The van der Waals surface area contributed by atoms with Crippen LogP contribution in [0.15, 0.2) is 146 Å². The maximum Gasteiger partial charge on any atom is 0.138 e. The Labute approximate surface area is 272 Å². The molecule has 5 nitrogen and oxygen atoms in total. The number of aryl methyl sites for hydroxylation is 1. The smallest absolute Gasteiger partial charge is 0.138 e. The molecule has 1 aliphatic rings. The monoisotopic (exact) mass is 603 g/mol. The number of allylic oxidation sites excluding steroid dienone is 1. The Morgan fingerprint density at radius 2 is 1.26 bits per heavy atom. The maximum absolute atomic E-state index is 5.23. The molecule has 9 rings (SSSR count). The lowest BCUT2D eigenvalue weighted by atomic mass is 9.93. The largest absolute Gasteiger partial charge is 0.292 e. The fourth-order valence-corrected chi connectivity index (χ4v) is 6.67. The Morgan fingerprint density at radius 1 is 0.511 bits per heavy atom. The number of fused-ring (bicyclic) bond motifs is 4. The van der Waals surface area contributed by atoms with Gasteiger partial charge in [-0.1, -0.05) is 84.9 Å². The van der Waals surface area contributed by atoms with Crippen LogP contribution in [-0.4, -0.2) is 24.5 Å². The van der Waals surface area contributed by atoms with E-state index < -0.39 is 0 Å². The van der Waals surface area contributed by atoms with Crippen LogP contribution in [0.5, 0.6) is 0 Å². The third-order valence-corrected chi connectivity index (χ3v) is 8.97. The minimum atomic E-state index is 0.789. The van der Waals surface area contributed by atoms with Gasteiger partial charge in [0.1, 0.15) is 5.82 Å². The second kappa shape index (κ2) is 11.3. The molecule has 0 N–H and O–H groups in total. The van der Waals surface area contributed by atoms with Crippen molar-refractivity contribution in [1.29, 1.82) is 0 Å². The SMILES string of the molecule is C1=Cc2cc(-c3cc(-c4cccc(-c5ccccc5)n4)nc(-c4cccc(-n5c6ccccc6c6ccncc65)n4)c3)ccc2CC1. The Hall–Kier alpha value is -6.20. The van der Waals surface area contributed by atoms with Crippen LogP contribution in [-0.2, 0) is 6.42 Å². The fourth-order valence-electron chi connectivity index (χ4n) is 6.67. The summed E-state index contributed by atoms with van der Waals surface area (Å²) in [6, 6.07) is 44.1. The van der Waals surface area contributed by atoms with Crippen LogP contribution >= 0.6 is 0 Å². The highest BCUT2D eigenvalue weighted by Crippen LogP contribution is 2.34. The zero-order chi connectivity index (χ0) is 31.2. The van der Waals surface area contributed by atoms with Crippen LogP contribution < -0.4 is 0 Å². The Balaban J connectivity index is 1.22. The number of aromatic nitrogens is 5. The molecule has 47 heavy (non-hydrogen) atoms. The van der Waals surface area contributed by atoms with Crippen LogP contribution in [0.3, 0.4) is 0 Å². The zero-order valence-electron chi connectivity index (χ0n) is 25.6. The predicted octanol–water partition coefficient (Wildman–Crippen LogP) is 9.99. The Kier molecular flexibility index (Phi) is 6.53. The minimum Gasteiger partial charge on any atom is -0.292 e. The van der Waals surface area contributed by atoms with Crippen molar-refractivity contribution in [1.82, 2.24) is 24.5 Å². The van der Waals surface area contributed by atoms with E-state index in [1.807, 2.05) is 54.9 Å². The number of para-hydroxylation sites is 1. The third-order valence-electron chi connectivity index (χ3n) is 8.97. The summed E-state index contributed by atoms with van der Waals surface area (Å²) in [6.45, 7) is 0. The van der Waals surface area contributed by atoms with E-state index in [2.05, 4.69) is 107 Å². The lowest BCUT2D eigenvalue weighted by Crippen LogP contribution is -2.00. The van der Waals surface area contributed by atoms with Crippen LogP contribution in [0.1, 0.15) is 17.5 Å². The maximum atomic E-state index is 5.23. The molecule has 222 valence electrons. The topological polar surface area (TPSA) is 56.5 Å². The van der Waals surface area contributed by atoms with E-state index in [1.165, 1.54) is 16.5 Å². The summed E-state index contributed by atoms with van der Waals surface area (Å²) in [5.74, 6) is 0.818. The quantitative estimate of drug-likeness (QED) is 0.196. The molecule has 5 aromatic heterocycles. The van der Waals surface area contributed by atoms with E-state index in [9.17, 15) is 0 Å². The van der Waals surface area contributed by atoms with Crippen LogP contribution in [0.4, 0.5) is 0 Å². The van der Waals surface area contributed by atoms with Crippen LogP contribution in [0.25, 0.3) is 78.9 Å². The molecular formula is C42H29N5. The van der Waals surface area contributed by atoms with E-state index >= 15 is 0 Å². The summed E-state index contributed by atoms with van der Waals surface area (Å²) in [4.78, 5) is 20.0. The van der Waals surface area contributed by atoms with Crippen molar-refractivity contribution in [2.75, 3.05) is 0 Å². The number of hydrogen-bond acceptors (Lipinski definition) is 4. The first-order chi connectivity index (χ1) is 23.3. The molecule has 0 saturated heterocycles. The average Bonchev–Trinajstić information content (AvgIpc) is 3.49. The van der Waals surface area contributed by atoms with Crippen molar-refractivity contribution < 1.29 is 0 Å². The average molecular weight is 604 g/mol. The van der Waals surface area contributed by atoms with Gasteiger partial charge in [0, 0.05) is 22.5 Å². The summed E-state index contributed by atoms with van der Waals surface area (Å²) in [5.41, 5.74) is 12.2. The van der Waals surface area contributed by atoms with Gasteiger partial charge in [-0.05, 0) is 89.7 Å². The summed E-state index contributed by atoms with van der Waals surface area (Å²) < 4.78 is 2.19. The standard InChI is InChI=1S/C42H29N5/c1-2-11-29(12-3-1)35-15-8-16-36(44-35)38-25-32(31-21-20-28-10-4-5-13-30(28)24-31)26-39(45-38)37-17-9-19-42(46-37)47-40-18-7-6-14-33(40)34-22-23-43-27-41(34)47/h1-3,5-9,11-27H,4,10H2. The molecule has 0 atom stereocenters. The summed E-state index contributed by atoms with van der Waals surface area (Å²) in [7, 11) is 0. The first-order valence-corrected chi connectivity index (χ1v) is 15.9. The summed E-state index contributed by atoms with van der Waals surface area (Å²) in [5, 5.41) is 2.32. The molecule has 0 fully saturated rings. The molecule has 0 unspecified atom stereocenters. The number of benzene rings is 3. The second-order valence-corrected chi connectivity index (χ2v) is 11.9. The molecular weight excluding hydrogens is 574 g/mol. The molecule has 3 aromatic carbocycles. The van der Waals surface area contributed by atoms with Gasteiger partial charge in [-0.15, -0.1) is 0 Å². The van der Waals surface area contributed by atoms with Crippen molar-refractivity contribution in [3.05, 3.63) is 157 Å². The molecule has 5 heteroatoms. The highest BCUT2D eigenvalue weighted by atomic mass is 15.1. The number of rotatable bonds is 5. The van der Waals surface area contributed by atoms with Crippen LogP contribution in [0, 0.1) is 0 Å². The van der Waals surface area contributed by atoms with Gasteiger partial charge in [0.2, 0.25) is 0 Å². The van der Waals surface area contributed by atoms with Crippen molar-refractivity contribution in [3.8, 4) is 51.0 Å². The lowest BCUT2D eigenvalue weighted by Gasteiger charge is -2.14. The van der Waals surface area contributed by atoms with E-state index in [1.54, 1.807) is 0 Å². The molecule has 0 aliphatic heterocycles. The first-order valence-electron chi connectivity index (χ1n) is 15.9. The zero-order valence-corrected chi connectivity index (χ0v) is 25.6. The van der Waals surface area contributed by atoms with Gasteiger partial charge in [0.15, 0.2) is 0 Å². The summed E-state index contributed by atoms with van der Waals surface area (Å²) >= 11 is 0. The van der Waals surface area contributed by atoms with E-state index in [4.69, 9.17) is 15.0 Å². The molecule has 1 aliphatic carbocycles. The highest BCUT2D eigenvalue weighted by molar-refractivity contribution is 6.08. The molecule has 0 radical (unpaired) electrons. The third kappa shape index (κ3) is 4.89. The van der Waals surface area contributed by atoms with Gasteiger partial charge in [-0.3, -0.25) is 9.55 Å². The minimum absolute atomic E-state index is 0.789. The van der Waals surface area contributed by atoms with Crippen molar-refractivity contribution in [2.24, 2.45) is 0 Å². The second-order valence-electron chi connectivity index (χ2n) is 11.9. The fraction of sp³-hybridized carbons (Fsp3) is 0.0476. The molecule has 5 heterocycles. The molecule has 0 bridgehead atoms. The van der Waals surface area contributed by atoms with Gasteiger partial charge in [-0.25, -0.2) is 15.0 Å². The Morgan fingerprint density at radius 3 is 2.15 bits per heavy atom. The van der Waals surface area contributed by atoms with Crippen molar-refractivity contribution in [3.63, 3.8) is 0 Å². The van der Waals surface area contributed by atoms with Gasteiger partial charge in [0.25, 0.3) is 0 Å². The van der Waals surface area contributed by atoms with E-state index in [-0.39, 0.29) is 0 Å². The number of nitrogens with zero attached hydrogens (tertiary/aromatic N) is 5. The number of hydrogen-bond donors (Lipinski definition) is 0. The van der Waals surface area contributed by atoms with Crippen molar-refractivity contribution in [2.45, 2.75) is 12.8 Å². The normalized spacial score (nSPS) is 12.4. The summed E-state index contributed by atoms with van der Waals surface area (Å²) in [6.07, 6.45) is 10.4.